The number of nitrogens with zero attached hydrogens (tertiary/aromatic N) is 2. The zero-order chi connectivity index (χ0) is 11.1. The number of likely N-dealkylation sites (N-methyl/N-ethyl adjacent to an activating group) is 1. The zero-order valence-corrected chi connectivity index (χ0v) is 10.6. The van der Waals surface area contributed by atoms with Crippen molar-refractivity contribution in [3.8, 4) is 0 Å². The maximum atomic E-state index is 5.02. The molecule has 0 aromatic carbocycles. The number of ether oxygens (including phenoxy) is 1. The van der Waals surface area contributed by atoms with Gasteiger partial charge in [-0.05, 0) is 7.05 Å². The average Bonchev–Trinajstić information content (AvgIpc) is 2.61. The van der Waals surface area contributed by atoms with Crippen LogP contribution in [0.15, 0.2) is 4.99 Å². The van der Waals surface area contributed by atoms with E-state index in [9.17, 15) is 0 Å². The Balaban J connectivity index is 2.01. The number of thioether (sulfide) groups is 1. The van der Waals surface area contributed by atoms with E-state index in [1.807, 2.05) is 11.8 Å². The topological polar surface area (TPSA) is 36.9 Å². The van der Waals surface area contributed by atoms with E-state index in [0.29, 0.717) is 5.25 Å². The van der Waals surface area contributed by atoms with Gasteiger partial charge in [0.05, 0.1) is 13.2 Å². The Hall–Kier alpha value is -0.260. The largest absolute Gasteiger partial charge is 0.383 e. The minimum absolute atomic E-state index is 0.638. The van der Waals surface area contributed by atoms with Crippen molar-refractivity contribution in [2.75, 3.05) is 46.9 Å². The lowest BCUT2D eigenvalue weighted by atomic mass is 10.5. The summed E-state index contributed by atoms with van der Waals surface area (Å²) in [5, 5.41) is 5.09. The molecule has 0 spiro atoms. The summed E-state index contributed by atoms with van der Waals surface area (Å²) in [6.07, 6.45) is 0. The number of methoxy groups -OCH3 is 1. The fourth-order valence-corrected chi connectivity index (χ4v) is 2.15. The third kappa shape index (κ3) is 5.39. The first-order chi connectivity index (χ1) is 7.22. The lowest BCUT2D eigenvalue weighted by molar-refractivity contribution is 0.162. The van der Waals surface area contributed by atoms with Crippen molar-refractivity contribution in [3.63, 3.8) is 0 Å². The van der Waals surface area contributed by atoms with Gasteiger partial charge < -0.3 is 15.0 Å². The van der Waals surface area contributed by atoms with Crippen LogP contribution in [-0.2, 0) is 4.74 Å². The van der Waals surface area contributed by atoms with E-state index >= 15 is 0 Å². The molecule has 0 bridgehead atoms. The Kier molecular flexibility index (Phi) is 6.05. The molecule has 0 saturated heterocycles. The van der Waals surface area contributed by atoms with Gasteiger partial charge in [-0.25, -0.2) is 0 Å². The summed E-state index contributed by atoms with van der Waals surface area (Å²) in [6, 6.07) is 0. The van der Waals surface area contributed by atoms with E-state index in [1.54, 1.807) is 7.11 Å². The monoisotopic (exact) mass is 231 g/mol. The van der Waals surface area contributed by atoms with Crippen molar-refractivity contribution in [2.24, 2.45) is 4.99 Å². The van der Waals surface area contributed by atoms with E-state index in [0.717, 1.165) is 38.0 Å². The Labute approximate surface area is 96.5 Å². The normalized spacial score (nSPS) is 20.8. The Morgan fingerprint density at radius 3 is 3.00 bits per heavy atom. The minimum Gasteiger partial charge on any atom is -0.383 e. The molecule has 1 N–H and O–H groups in total. The third-order valence-corrected chi connectivity index (χ3v) is 3.30. The first-order valence-electron chi connectivity index (χ1n) is 5.35. The number of aliphatic imine (C=N–C) groups is 1. The lowest BCUT2D eigenvalue weighted by Gasteiger charge is -2.16. The Morgan fingerprint density at radius 1 is 1.60 bits per heavy atom. The molecule has 1 unspecified atom stereocenters. The highest BCUT2D eigenvalue weighted by molar-refractivity contribution is 8.14. The maximum absolute atomic E-state index is 5.02. The second-order valence-corrected chi connectivity index (χ2v) is 5.22. The molecular weight excluding hydrogens is 210 g/mol. The molecule has 1 aliphatic heterocycles. The molecule has 1 rings (SSSR count). The van der Waals surface area contributed by atoms with E-state index in [-0.39, 0.29) is 0 Å². The smallest absolute Gasteiger partial charge is 0.156 e. The fourth-order valence-electron chi connectivity index (χ4n) is 1.29. The van der Waals surface area contributed by atoms with Gasteiger partial charge in [-0.2, -0.15) is 0 Å². The summed E-state index contributed by atoms with van der Waals surface area (Å²) >= 11 is 1.83. The molecule has 15 heavy (non-hydrogen) atoms. The van der Waals surface area contributed by atoms with Crippen LogP contribution in [0.3, 0.4) is 0 Å². The molecule has 0 aliphatic carbocycles. The van der Waals surface area contributed by atoms with Crippen molar-refractivity contribution in [1.82, 2.24) is 10.2 Å². The fraction of sp³-hybridized carbons (Fsp3) is 0.900. The van der Waals surface area contributed by atoms with Crippen molar-refractivity contribution < 1.29 is 4.74 Å². The first kappa shape index (κ1) is 12.8. The van der Waals surface area contributed by atoms with Crippen LogP contribution in [-0.4, -0.2) is 62.3 Å². The third-order valence-electron chi connectivity index (χ3n) is 2.25. The summed E-state index contributed by atoms with van der Waals surface area (Å²) in [5.74, 6) is 0. The molecule has 0 fully saturated rings. The maximum Gasteiger partial charge on any atom is 0.156 e. The first-order valence-corrected chi connectivity index (χ1v) is 6.23. The van der Waals surface area contributed by atoms with Crippen LogP contribution in [0.5, 0.6) is 0 Å². The second kappa shape index (κ2) is 7.09. The molecule has 0 aromatic heterocycles. The van der Waals surface area contributed by atoms with Gasteiger partial charge in [-0.3, -0.25) is 4.99 Å². The predicted octanol–water partition coefficient (Wildman–Crippen LogP) is 0.646. The Morgan fingerprint density at radius 2 is 2.40 bits per heavy atom. The predicted molar refractivity (Wildman–Crippen MR) is 66.7 cm³/mol. The number of hydrogen-bond donors (Lipinski definition) is 1. The lowest BCUT2D eigenvalue weighted by Crippen LogP contribution is -2.33. The van der Waals surface area contributed by atoms with Gasteiger partial charge in [0.2, 0.25) is 0 Å². The highest BCUT2D eigenvalue weighted by atomic mass is 32.2. The van der Waals surface area contributed by atoms with Crippen LogP contribution in [0.4, 0.5) is 0 Å². The minimum atomic E-state index is 0.638. The molecule has 0 radical (unpaired) electrons. The molecule has 0 aromatic rings. The number of rotatable bonds is 6. The molecular formula is C10H21N3OS. The van der Waals surface area contributed by atoms with E-state index in [2.05, 4.69) is 29.2 Å². The van der Waals surface area contributed by atoms with Crippen molar-refractivity contribution in [1.29, 1.82) is 0 Å². The molecule has 0 amide bonds. The van der Waals surface area contributed by atoms with Gasteiger partial charge in [0, 0.05) is 32.0 Å². The molecule has 88 valence electrons. The summed E-state index contributed by atoms with van der Waals surface area (Å²) in [7, 11) is 3.84. The summed E-state index contributed by atoms with van der Waals surface area (Å²) < 4.78 is 5.02. The molecule has 0 saturated carbocycles. The van der Waals surface area contributed by atoms with Gasteiger partial charge in [0.25, 0.3) is 0 Å². The highest BCUT2D eigenvalue weighted by Crippen LogP contribution is 2.17. The highest BCUT2D eigenvalue weighted by Gasteiger charge is 2.13. The van der Waals surface area contributed by atoms with Gasteiger partial charge in [0.15, 0.2) is 5.17 Å². The summed E-state index contributed by atoms with van der Waals surface area (Å²) in [4.78, 5) is 6.65. The van der Waals surface area contributed by atoms with Gasteiger partial charge in [-0.1, -0.05) is 18.7 Å². The van der Waals surface area contributed by atoms with Crippen LogP contribution in [0.2, 0.25) is 0 Å². The van der Waals surface area contributed by atoms with Crippen LogP contribution < -0.4 is 5.32 Å². The Bertz CT molecular complexity index is 211. The van der Waals surface area contributed by atoms with Crippen LogP contribution >= 0.6 is 11.8 Å². The quantitative estimate of drug-likeness (QED) is 0.728. The molecule has 1 aliphatic rings. The van der Waals surface area contributed by atoms with Crippen molar-refractivity contribution in [3.05, 3.63) is 0 Å². The molecule has 1 heterocycles. The van der Waals surface area contributed by atoms with Crippen molar-refractivity contribution in [2.45, 2.75) is 12.2 Å². The second-order valence-electron chi connectivity index (χ2n) is 3.80. The van der Waals surface area contributed by atoms with E-state index in [4.69, 9.17) is 4.74 Å². The molecule has 5 heteroatoms. The number of amidine groups is 1. The average molecular weight is 231 g/mol. The zero-order valence-electron chi connectivity index (χ0n) is 9.82. The van der Waals surface area contributed by atoms with Crippen LogP contribution in [0.1, 0.15) is 6.92 Å². The van der Waals surface area contributed by atoms with E-state index < -0.39 is 0 Å². The summed E-state index contributed by atoms with van der Waals surface area (Å²) in [6.45, 7) is 6.91. The molecule has 1 atom stereocenters. The van der Waals surface area contributed by atoms with E-state index in [1.165, 1.54) is 0 Å². The van der Waals surface area contributed by atoms with Crippen LogP contribution in [0.25, 0.3) is 0 Å². The SMILES string of the molecule is COCCN(C)CCNC1=NCC(C)S1. The number of hydrogen-bond acceptors (Lipinski definition) is 5. The summed E-state index contributed by atoms with van der Waals surface area (Å²) in [5.41, 5.74) is 0. The molecule has 4 nitrogen and oxygen atoms in total. The number of nitrogens with one attached hydrogen (secondary N) is 1. The van der Waals surface area contributed by atoms with Gasteiger partial charge >= 0.3 is 0 Å². The van der Waals surface area contributed by atoms with Gasteiger partial charge in [-0.15, -0.1) is 0 Å². The van der Waals surface area contributed by atoms with Crippen molar-refractivity contribution >= 4 is 16.9 Å². The van der Waals surface area contributed by atoms with Crippen LogP contribution in [0, 0.1) is 0 Å². The standard InChI is InChI=1S/C10H21N3OS/c1-9-8-12-10(15-9)11-4-5-13(2)6-7-14-3/h9H,4-8H2,1-3H3,(H,11,12). The van der Waals surface area contributed by atoms with Gasteiger partial charge in [0.1, 0.15) is 0 Å².